The molecule has 0 aromatic carbocycles. The lowest BCUT2D eigenvalue weighted by Crippen LogP contribution is -2.07. The van der Waals surface area contributed by atoms with Gasteiger partial charge >= 0.3 is 6.18 Å². The van der Waals surface area contributed by atoms with E-state index in [-0.39, 0.29) is 5.76 Å². The molecule has 2 nitrogen and oxygen atoms in total. The third-order valence-electron chi connectivity index (χ3n) is 1.71. The molecule has 0 amide bonds. The van der Waals surface area contributed by atoms with Crippen molar-refractivity contribution in [2.75, 3.05) is 0 Å². The molecule has 1 aromatic rings. The van der Waals surface area contributed by atoms with Crippen LogP contribution in [0, 0.1) is 0 Å². The van der Waals surface area contributed by atoms with E-state index in [1.54, 1.807) is 6.92 Å². The van der Waals surface area contributed by atoms with Crippen molar-refractivity contribution in [2.24, 2.45) is 5.73 Å². The monoisotopic (exact) mass is 193 g/mol. The Morgan fingerprint density at radius 2 is 2.08 bits per heavy atom. The van der Waals surface area contributed by atoms with Gasteiger partial charge in [0, 0.05) is 0 Å². The first-order chi connectivity index (χ1) is 5.95. The van der Waals surface area contributed by atoms with Gasteiger partial charge < -0.3 is 10.2 Å². The molecule has 0 unspecified atom stereocenters. The molecule has 1 atom stereocenters. The Balaban J connectivity index is 2.87. The number of nitrogens with two attached hydrogens (primary N) is 1. The number of rotatable bonds is 2. The van der Waals surface area contributed by atoms with Gasteiger partial charge in [0.2, 0.25) is 5.76 Å². The number of furan rings is 1. The van der Waals surface area contributed by atoms with Crippen LogP contribution in [0.15, 0.2) is 16.5 Å². The van der Waals surface area contributed by atoms with Crippen molar-refractivity contribution in [1.82, 2.24) is 0 Å². The Kier molecular flexibility index (Phi) is 2.66. The highest BCUT2D eigenvalue weighted by molar-refractivity contribution is 5.12. The van der Waals surface area contributed by atoms with Crippen molar-refractivity contribution in [2.45, 2.75) is 25.6 Å². The summed E-state index contributed by atoms with van der Waals surface area (Å²) in [6, 6.07) is 1.69. The van der Waals surface area contributed by atoms with Crippen molar-refractivity contribution >= 4 is 0 Å². The van der Waals surface area contributed by atoms with Gasteiger partial charge in [-0.05, 0) is 18.6 Å². The van der Waals surface area contributed by atoms with Crippen LogP contribution in [0.2, 0.25) is 0 Å². The van der Waals surface area contributed by atoms with Gasteiger partial charge in [-0.2, -0.15) is 13.2 Å². The summed E-state index contributed by atoms with van der Waals surface area (Å²) in [5.74, 6) is -0.818. The maximum absolute atomic E-state index is 12.0. The largest absolute Gasteiger partial charge is 0.455 e. The number of hydrogen-bond donors (Lipinski definition) is 1. The Bertz CT molecular complexity index is 279. The summed E-state index contributed by atoms with van der Waals surface area (Å²) in [5, 5.41) is 0. The molecule has 74 valence electrons. The van der Waals surface area contributed by atoms with E-state index in [2.05, 4.69) is 4.42 Å². The Morgan fingerprint density at radius 3 is 2.46 bits per heavy atom. The Hall–Kier alpha value is -0.970. The Morgan fingerprint density at radius 1 is 1.46 bits per heavy atom. The van der Waals surface area contributed by atoms with E-state index >= 15 is 0 Å². The van der Waals surface area contributed by atoms with Crippen LogP contribution in [-0.4, -0.2) is 0 Å². The number of hydrogen-bond acceptors (Lipinski definition) is 2. The maximum atomic E-state index is 12.0. The lowest BCUT2D eigenvalue weighted by molar-refractivity contribution is -0.153. The zero-order chi connectivity index (χ0) is 10.1. The molecule has 0 aliphatic rings. The second-order valence-electron chi connectivity index (χ2n) is 2.71. The minimum absolute atomic E-state index is 0.176. The molecule has 1 rings (SSSR count). The van der Waals surface area contributed by atoms with Crippen LogP contribution in [0.4, 0.5) is 13.2 Å². The lowest BCUT2D eigenvalue weighted by Gasteiger charge is -2.05. The molecule has 0 spiro atoms. The van der Waals surface area contributed by atoms with Gasteiger partial charge in [0.05, 0.1) is 6.04 Å². The standard InChI is InChI=1S/C8H10F3NO/c1-2-5(12)6-3-4-7(13-6)8(9,10)11/h3-5H,2,12H2,1H3/t5-/m1/s1. The highest BCUT2D eigenvalue weighted by Crippen LogP contribution is 2.31. The van der Waals surface area contributed by atoms with E-state index in [4.69, 9.17) is 5.73 Å². The van der Waals surface area contributed by atoms with E-state index < -0.39 is 18.0 Å². The summed E-state index contributed by atoms with van der Waals surface area (Å²) in [5.41, 5.74) is 5.49. The molecule has 5 heteroatoms. The van der Waals surface area contributed by atoms with Crippen molar-refractivity contribution in [3.63, 3.8) is 0 Å². The second kappa shape index (κ2) is 3.41. The predicted octanol–water partition coefficient (Wildman–Crippen LogP) is 2.71. The van der Waals surface area contributed by atoms with Gasteiger partial charge in [0.1, 0.15) is 5.76 Å². The number of alkyl halides is 3. The lowest BCUT2D eigenvalue weighted by atomic mass is 10.2. The summed E-state index contributed by atoms with van der Waals surface area (Å²) < 4.78 is 40.7. The molecular weight excluding hydrogens is 183 g/mol. The van der Waals surface area contributed by atoms with Crippen molar-refractivity contribution in [1.29, 1.82) is 0 Å². The fourth-order valence-electron chi connectivity index (χ4n) is 0.906. The summed E-state index contributed by atoms with van der Waals surface area (Å²) in [7, 11) is 0. The second-order valence-corrected chi connectivity index (χ2v) is 2.71. The highest BCUT2D eigenvalue weighted by Gasteiger charge is 2.35. The summed E-state index contributed by atoms with van der Waals surface area (Å²) >= 11 is 0. The van der Waals surface area contributed by atoms with E-state index in [9.17, 15) is 13.2 Å². The van der Waals surface area contributed by atoms with Crippen molar-refractivity contribution in [3.8, 4) is 0 Å². The maximum Gasteiger partial charge on any atom is 0.449 e. The molecule has 2 N–H and O–H groups in total. The molecule has 0 saturated carbocycles. The van der Waals surface area contributed by atoms with Gasteiger partial charge in [0.15, 0.2) is 0 Å². The van der Waals surface area contributed by atoms with Gasteiger partial charge in [-0.15, -0.1) is 0 Å². The molecule has 0 saturated heterocycles. The van der Waals surface area contributed by atoms with Gasteiger partial charge in [-0.1, -0.05) is 6.92 Å². The molecular formula is C8H10F3NO. The zero-order valence-corrected chi connectivity index (χ0v) is 7.06. The van der Waals surface area contributed by atoms with Gasteiger partial charge in [-0.3, -0.25) is 0 Å². The van der Waals surface area contributed by atoms with Crippen molar-refractivity contribution < 1.29 is 17.6 Å². The summed E-state index contributed by atoms with van der Waals surface area (Å²) in [6.45, 7) is 1.78. The molecule has 13 heavy (non-hydrogen) atoms. The van der Waals surface area contributed by atoms with E-state index in [0.29, 0.717) is 6.42 Å². The van der Waals surface area contributed by atoms with Crippen LogP contribution < -0.4 is 5.73 Å². The molecule has 1 heterocycles. The third-order valence-corrected chi connectivity index (χ3v) is 1.71. The minimum atomic E-state index is -4.42. The Labute approximate surface area is 73.5 Å². The van der Waals surface area contributed by atoms with Gasteiger partial charge in [-0.25, -0.2) is 0 Å². The molecule has 0 fully saturated rings. The van der Waals surface area contributed by atoms with Gasteiger partial charge in [0.25, 0.3) is 0 Å². The van der Waals surface area contributed by atoms with Crippen LogP contribution in [0.5, 0.6) is 0 Å². The average Bonchev–Trinajstić information content (AvgIpc) is 2.50. The van der Waals surface area contributed by atoms with E-state index in [1.807, 2.05) is 0 Å². The molecule has 0 aliphatic heterocycles. The normalized spacial score (nSPS) is 14.5. The first-order valence-electron chi connectivity index (χ1n) is 3.87. The van der Waals surface area contributed by atoms with E-state index in [0.717, 1.165) is 6.07 Å². The average molecular weight is 193 g/mol. The van der Waals surface area contributed by atoms with Crippen molar-refractivity contribution in [3.05, 3.63) is 23.7 Å². The predicted molar refractivity (Wildman–Crippen MR) is 40.9 cm³/mol. The summed E-state index contributed by atoms with van der Waals surface area (Å²) in [6.07, 6.45) is -3.88. The fourth-order valence-corrected chi connectivity index (χ4v) is 0.906. The minimum Gasteiger partial charge on any atom is -0.455 e. The van der Waals surface area contributed by atoms with E-state index in [1.165, 1.54) is 6.07 Å². The smallest absolute Gasteiger partial charge is 0.449 e. The molecule has 0 bridgehead atoms. The quantitative estimate of drug-likeness (QED) is 0.784. The number of halogens is 3. The summed E-state index contributed by atoms with van der Waals surface area (Å²) in [4.78, 5) is 0. The SMILES string of the molecule is CC[C@@H](N)c1ccc(C(F)(F)F)o1. The topological polar surface area (TPSA) is 39.2 Å². The molecule has 0 aliphatic carbocycles. The fraction of sp³-hybridized carbons (Fsp3) is 0.500. The highest BCUT2D eigenvalue weighted by atomic mass is 19.4. The first kappa shape index (κ1) is 10.1. The molecule has 1 aromatic heterocycles. The van der Waals surface area contributed by atoms with Crippen LogP contribution >= 0.6 is 0 Å². The van der Waals surface area contributed by atoms with Crippen LogP contribution in [0.3, 0.4) is 0 Å². The zero-order valence-electron chi connectivity index (χ0n) is 7.06. The first-order valence-corrected chi connectivity index (χ1v) is 3.87. The van der Waals surface area contributed by atoms with Crippen LogP contribution in [0.1, 0.15) is 30.9 Å². The van der Waals surface area contributed by atoms with Crippen LogP contribution in [0.25, 0.3) is 0 Å². The third kappa shape index (κ3) is 2.24. The van der Waals surface area contributed by atoms with Crippen LogP contribution in [-0.2, 0) is 6.18 Å². The molecule has 0 radical (unpaired) electrons.